The van der Waals surface area contributed by atoms with Crippen molar-refractivity contribution in [2.75, 3.05) is 25.0 Å². The lowest BCUT2D eigenvalue weighted by molar-refractivity contribution is 0.226. The van der Waals surface area contributed by atoms with E-state index < -0.39 is 10.0 Å². The average Bonchev–Trinajstić information content (AvgIpc) is 2.38. The number of nitrogens with two attached hydrogens (primary N) is 1. The van der Waals surface area contributed by atoms with Crippen LogP contribution in [0.25, 0.3) is 0 Å². The van der Waals surface area contributed by atoms with Crippen LogP contribution < -0.4 is 20.5 Å². The Morgan fingerprint density at radius 3 is 3.05 bits per heavy atom. The van der Waals surface area contributed by atoms with Gasteiger partial charge in [0.25, 0.3) is 0 Å². The van der Waals surface area contributed by atoms with Crippen LogP contribution in [0.4, 0.5) is 5.69 Å². The molecule has 4 N–H and O–H groups in total. The second kappa shape index (κ2) is 5.77. The number of rotatable bonds is 5. The minimum Gasteiger partial charge on any atom is -0.487 e. The Bertz CT molecular complexity index is 545. The van der Waals surface area contributed by atoms with Gasteiger partial charge in [0.05, 0.1) is 17.1 Å². The van der Waals surface area contributed by atoms with E-state index in [9.17, 15) is 8.42 Å². The molecule has 6 nitrogen and oxygen atoms in total. The maximum atomic E-state index is 12.0. The molecular weight excluding hydrogens is 266 g/mol. The van der Waals surface area contributed by atoms with Crippen LogP contribution >= 0.6 is 0 Å². The number of nitrogens with one attached hydrogen (secondary N) is 2. The standard InChI is InChI=1S/C12H19N3O3S/c1-9-8-14-11-7-10(3-4-12(11)18-9)19(16,17)15-6-2-5-13/h3-4,7,9,14-15H,2,5-6,8,13H2,1H3. The molecule has 1 aromatic rings. The Labute approximate surface area is 113 Å². The molecule has 0 bridgehead atoms. The van der Waals surface area contributed by atoms with Gasteiger partial charge in [-0.3, -0.25) is 0 Å². The number of hydrogen-bond donors (Lipinski definition) is 3. The van der Waals surface area contributed by atoms with Crippen molar-refractivity contribution in [3.8, 4) is 5.75 Å². The molecule has 0 aromatic heterocycles. The van der Waals surface area contributed by atoms with E-state index in [-0.39, 0.29) is 11.0 Å². The Hall–Kier alpha value is -1.31. The fraction of sp³-hybridized carbons (Fsp3) is 0.500. The number of anilines is 1. The molecule has 1 atom stereocenters. The molecular formula is C12H19N3O3S. The molecule has 1 aliphatic heterocycles. The first-order valence-electron chi connectivity index (χ1n) is 6.27. The van der Waals surface area contributed by atoms with Crippen LogP contribution in [-0.2, 0) is 10.0 Å². The van der Waals surface area contributed by atoms with Gasteiger partial charge in [0, 0.05) is 6.54 Å². The summed E-state index contributed by atoms with van der Waals surface area (Å²) in [5.74, 6) is 0.680. The highest BCUT2D eigenvalue weighted by Gasteiger charge is 2.19. The van der Waals surface area contributed by atoms with Gasteiger partial charge in [-0.15, -0.1) is 0 Å². The third-order valence-electron chi connectivity index (χ3n) is 2.84. The van der Waals surface area contributed by atoms with E-state index in [4.69, 9.17) is 10.5 Å². The molecule has 0 amide bonds. The highest BCUT2D eigenvalue weighted by Crippen LogP contribution is 2.31. The fourth-order valence-electron chi connectivity index (χ4n) is 1.82. The lowest BCUT2D eigenvalue weighted by atomic mass is 10.2. The summed E-state index contributed by atoms with van der Waals surface area (Å²) in [6.07, 6.45) is 0.695. The molecule has 19 heavy (non-hydrogen) atoms. The van der Waals surface area contributed by atoms with Crippen LogP contribution in [0.5, 0.6) is 5.75 Å². The maximum absolute atomic E-state index is 12.0. The Morgan fingerprint density at radius 1 is 1.53 bits per heavy atom. The Kier molecular flexibility index (Phi) is 4.28. The number of fused-ring (bicyclic) bond motifs is 1. The van der Waals surface area contributed by atoms with Crippen molar-refractivity contribution >= 4 is 15.7 Å². The van der Waals surface area contributed by atoms with Gasteiger partial charge in [-0.05, 0) is 38.1 Å². The molecule has 0 spiro atoms. The van der Waals surface area contributed by atoms with E-state index >= 15 is 0 Å². The first-order valence-corrected chi connectivity index (χ1v) is 7.75. The van der Waals surface area contributed by atoms with Crippen molar-refractivity contribution < 1.29 is 13.2 Å². The Morgan fingerprint density at radius 2 is 2.32 bits per heavy atom. The van der Waals surface area contributed by atoms with Crippen molar-refractivity contribution in [1.82, 2.24) is 4.72 Å². The SMILES string of the molecule is CC1CNc2cc(S(=O)(=O)NCCCN)ccc2O1. The van der Waals surface area contributed by atoms with Crippen molar-refractivity contribution in [2.45, 2.75) is 24.3 Å². The van der Waals surface area contributed by atoms with Gasteiger partial charge in [0.1, 0.15) is 11.9 Å². The lowest BCUT2D eigenvalue weighted by Gasteiger charge is -2.25. The zero-order valence-corrected chi connectivity index (χ0v) is 11.7. The first-order chi connectivity index (χ1) is 9.03. The van der Waals surface area contributed by atoms with Crippen LogP contribution in [0, 0.1) is 0 Å². The molecule has 0 fully saturated rings. The summed E-state index contributed by atoms with van der Waals surface area (Å²) in [6, 6.07) is 4.81. The van der Waals surface area contributed by atoms with Crippen LogP contribution in [-0.4, -0.2) is 34.2 Å². The average molecular weight is 285 g/mol. The highest BCUT2D eigenvalue weighted by molar-refractivity contribution is 7.89. The third kappa shape index (κ3) is 3.37. The van der Waals surface area contributed by atoms with E-state index in [0.29, 0.717) is 37.5 Å². The molecule has 106 valence electrons. The van der Waals surface area contributed by atoms with E-state index in [1.807, 2.05) is 6.92 Å². The van der Waals surface area contributed by atoms with Crippen molar-refractivity contribution in [1.29, 1.82) is 0 Å². The zero-order valence-electron chi connectivity index (χ0n) is 10.8. The monoisotopic (exact) mass is 285 g/mol. The van der Waals surface area contributed by atoms with Crippen molar-refractivity contribution in [3.63, 3.8) is 0 Å². The van der Waals surface area contributed by atoms with Gasteiger partial charge in [0.2, 0.25) is 10.0 Å². The summed E-state index contributed by atoms with van der Waals surface area (Å²) in [7, 11) is -3.48. The molecule has 0 radical (unpaired) electrons. The maximum Gasteiger partial charge on any atom is 0.240 e. The molecule has 1 unspecified atom stereocenters. The van der Waals surface area contributed by atoms with E-state index in [2.05, 4.69) is 10.0 Å². The highest BCUT2D eigenvalue weighted by atomic mass is 32.2. The topological polar surface area (TPSA) is 93.5 Å². The summed E-state index contributed by atoms with van der Waals surface area (Å²) in [5.41, 5.74) is 6.05. The quantitative estimate of drug-likeness (QED) is 0.685. The lowest BCUT2D eigenvalue weighted by Crippen LogP contribution is -2.29. The molecule has 0 aliphatic carbocycles. The molecule has 1 heterocycles. The number of hydrogen-bond acceptors (Lipinski definition) is 5. The molecule has 0 saturated heterocycles. The van der Waals surface area contributed by atoms with Gasteiger partial charge in [0.15, 0.2) is 0 Å². The van der Waals surface area contributed by atoms with Gasteiger partial charge in [-0.1, -0.05) is 0 Å². The third-order valence-corrected chi connectivity index (χ3v) is 4.30. The molecule has 0 saturated carbocycles. The second-order valence-corrected chi connectivity index (χ2v) is 6.27. The van der Waals surface area contributed by atoms with Crippen LogP contribution in [0.1, 0.15) is 13.3 Å². The fourth-order valence-corrected chi connectivity index (χ4v) is 2.92. The normalized spacial score (nSPS) is 18.3. The van der Waals surface area contributed by atoms with Gasteiger partial charge >= 0.3 is 0 Å². The van der Waals surface area contributed by atoms with Crippen LogP contribution in [0.2, 0.25) is 0 Å². The summed E-state index contributed by atoms with van der Waals surface area (Å²) >= 11 is 0. The predicted molar refractivity (Wildman–Crippen MR) is 73.9 cm³/mol. The smallest absolute Gasteiger partial charge is 0.240 e. The summed E-state index contributed by atoms with van der Waals surface area (Å²) in [5, 5.41) is 3.15. The zero-order chi connectivity index (χ0) is 13.9. The van der Waals surface area contributed by atoms with Crippen molar-refractivity contribution in [3.05, 3.63) is 18.2 Å². The Balaban J connectivity index is 2.17. The van der Waals surface area contributed by atoms with E-state index in [0.717, 1.165) is 0 Å². The summed E-state index contributed by atoms with van der Waals surface area (Å²) < 4.78 is 32.2. The van der Waals surface area contributed by atoms with Crippen molar-refractivity contribution in [2.24, 2.45) is 5.73 Å². The number of benzene rings is 1. The first kappa shape index (κ1) is 14.1. The minimum absolute atomic E-state index is 0.0811. The number of ether oxygens (including phenoxy) is 1. The molecule has 7 heteroatoms. The predicted octanol–water partition coefficient (Wildman–Crippen LogP) is 0.507. The summed E-state index contributed by atoms with van der Waals surface area (Å²) in [4.78, 5) is 0.230. The molecule has 2 rings (SSSR count). The summed E-state index contributed by atoms with van der Waals surface area (Å²) in [6.45, 7) is 3.42. The number of sulfonamides is 1. The van der Waals surface area contributed by atoms with Gasteiger partial charge in [-0.25, -0.2) is 13.1 Å². The van der Waals surface area contributed by atoms with Gasteiger partial charge in [-0.2, -0.15) is 0 Å². The molecule has 1 aliphatic rings. The van der Waals surface area contributed by atoms with Gasteiger partial charge < -0.3 is 15.8 Å². The van der Waals surface area contributed by atoms with Crippen LogP contribution in [0.15, 0.2) is 23.1 Å². The van der Waals surface area contributed by atoms with E-state index in [1.54, 1.807) is 18.2 Å². The second-order valence-electron chi connectivity index (χ2n) is 4.51. The van der Waals surface area contributed by atoms with E-state index in [1.165, 1.54) is 0 Å². The minimum atomic E-state index is -3.48. The molecule has 1 aromatic carbocycles. The largest absolute Gasteiger partial charge is 0.487 e. The van der Waals surface area contributed by atoms with Crippen LogP contribution in [0.3, 0.4) is 0 Å².